The Morgan fingerprint density at radius 3 is 2.30 bits per heavy atom. The Morgan fingerprint density at radius 2 is 1.59 bits per heavy atom. The van der Waals surface area contributed by atoms with Gasteiger partial charge >= 0.3 is 0 Å². The van der Waals surface area contributed by atoms with E-state index in [0.717, 1.165) is 39.8 Å². The van der Waals surface area contributed by atoms with Crippen molar-refractivity contribution in [3.63, 3.8) is 0 Å². The van der Waals surface area contributed by atoms with Crippen LogP contribution in [-0.2, 0) is 27.9 Å². The molecular weight excluding hydrogens is 611 g/mol. The van der Waals surface area contributed by atoms with E-state index in [4.69, 9.17) is 4.74 Å². The largest absolute Gasteiger partial charge is 0.497 e. The molecular formula is C34H35N3O4S3. The minimum Gasteiger partial charge on any atom is -0.497 e. The second kappa shape index (κ2) is 14.9. The molecule has 0 fully saturated rings. The van der Waals surface area contributed by atoms with Gasteiger partial charge in [0.15, 0.2) is 0 Å². The predicted octanol–water partition coefficient (Wildman–Crippen LogP) is 6.25. The maximum absolute atomic E-state index is 13.2. The molecule has 4 aromatic carbocycles. The zero-order valence-corrected chi connectivity index (χ0v) is 27.1. The summed E-state index contributed by atoms with van der Waals surface area (Å²) < 4.78 is 34.0. The van der Waals surface area contributed by atoms with Crippen LogP contribution >= 0.6 is 23.5 Å². The van der Waals surface area contributed by atoms with E-state index in [2.05, 4.69) is 32.8 Å². The summed E-state index contributed by atoms with van der Waals surface area (Å²) in [6, 6.07) is 33.9. The van der Waals surface area contributed by atoms with E-state index in [-0.39, 0.29) is 10.1 Å². The van der Waals surface area contributed by atoms with Gasteiger partial charge in [-0.2, -0.15) is 0 Å². The molecule has 1 amide bonds. The van der Waals surface area contributed by atoms with Crippen molar-refractivity contribution in [2.45, 2.75) is 41.1 Å². The van der Waals surface area contributed by atoms with Crippen LogP contribution in [0, 0.1) is 0 Å². The molecule has 44 heavy (non-hydrogen) atoms. The lowest BCUT2D eigenvalue weighted by atomic mass is 10.1. The summed E-state index contributed by atoms with van der Waals surface area (Å²) in [6.07, 6.45) is 0. The Bertz CT molecular complexity index is 1680. The number of methoxy groups -OCH3 is 1. The maximum Gasteiger partial charge on any atom is 0.264 e. The van der Waals surface area contributed by atoms with Crippen molar-refractivity contribution in [1.82, 2.24) is 9.62 Å². The monoisotopic (exact) mass is 645 g/mol. The zero-order chi connectivity index (χ0) is 30.9. The van der Waals surface area contributed by atoms with Gasteiger partial charge < -0.3 is 4.74 Å². The number of hydrogen-bond acceptors (Lipinski definition) is 8. The van der Waals surface area contributed by atoms with Crippen LogP contribution in [0.2, 0.25) is 0 Å². The molecule has 2 unspecified atom stereocenters. The number of thioether (sulfide) groups is 2. The fourth-order valence-electron chi connectivity index (χ4n) is 4.83. The van der Waals surface area contributed by atoms with Gasteiger partial charge in [-0.25, -0.2) is 13.1 Å². The first-order valence-corrected chi connectivity index (χ1v) is 17.6. The van der Waals surface area contributed by atoms with Crippen molar-refractivity contribution in [2.75, 3.05) is 19.4 Å². The first-order chi connectivity index (χ1) is 21.3. The van der Waals surface area contributed by atoms with Gasteiger partial charge in [0.25, 0.3) is 15.9 Å². The Balaban J connectivity index is 1.24. The topological polar surface area (TPSA) is 88.1 Å². The molecule has 0 aliphatic carbocycles. The lowest BCUT2D eigenvalue weighted by Crippen LogP contribution is -2.40. The molecule has 1 heterocycles. The van der Waals surface area contributed by atoms with Crippen LogP contribution < -0.4 is 9.46 Å². The summed E-state index contributed by atoms with van der Waals surface area (Å²) in [4.78, 5) is 21.2. The van der Waals surface area contributed by atoms with Crippen molar-refractivity contribution in [3.8, 4) is 5.75 Å². The quantitative estimate of drug-likeness (QED) is 0.172. The molecule has 0 aromatic heterocycles. The average molecular weight is 646 g/mol. The SMILES string of the molecule is COc1cccc(CN(CCSc2ccccc2)Cc2ccc(S(=O)(=O)NC(=O)C3N=C(c4ccccc4)SC3C)cc2)c1. The van der Waals surface area contributed by atoms with Gasteiger partial charge in [0.05, 0.1) is 17.0 Å². The Labute approximate surface area is 268 Å². The smallest absolute Gasteiger partial charge is 0.264 e. The summed E-state index contributed by atoms with van der Waals surface area (Å²) in [5, 5.41) is 0.555. The standard InChI is InChI=1S/C34H35N3O4S3/c1-25-32(35-34(43-25)28-11-5-3-6-12-28)33(38)36-44(39,40)31-18-16-26(17-19-31)23-37(20-21-42-30-14-7-4-8-15-30)24-27-10-9-13-29(22-27)41-2/h3-19,22,25,32H,20-21,23-24H2,1-2H3,(H,36,38). The van der Waals surface area contributed by atoms with Crippen LogP contribution in [0.4, 0.5) is 0 Å². The summed E-state index contributed by atoms with van der Waals surface area (Å²) >= 11 is 3.27. The lowest BCUT2D eigenvalue weighted by molar-refractivity contribution is -0.120. The van der Waals surface area contributed by atoms with Gasteiger partial charge in [0, 0.05) is 41.1 Å². The molecule has 0 radical (unpaired) electrons. The number of nitrogens with zero attached hydrogens (tertiary/aromatic N) is 2. The summed E-state index contributed by atoms with van der Waals surface area (Å²) in [5.41, 5.74) is 3.02. The van der Waals surface area contributed by atoms with Crippen molar-refractivity contribution in [3.05, 3.63) is 126 Å². The van der Waals surface area contributed by atoms with Crippen LogP contribution in [0.15, 0.2) is 124 Å². The highest BCUT2D eigenvalue weighted by atomic mass is 32.2. The molecule has 0 saturated heterocycles. The molecule has 1 N–H and O–H groups in total. The van der Waals surface area contributed by atoms with Gasteiger partial charge in [-0.05, 0) is 47.5 Å². The van der Waals surface area contributed by atoms with E-state index in [1.165, 1.54) is 16.7 Å². The Morgan fingerprint density at radius 1 is 0.909 bits per heavy atom. The van der Waals surface area contributed by atoms with E-state index in [0.29, 0.717) is 13.1 Å². The third-order valence-corrected chi connectivity index (χ3v) is 10.7. The first kappa shape index (κ1) is 31.8. The Kier molecular flexibility index (Phi) is 10.8. The van der Waals surface area contributed by atoms with Crippen molar-refractivity contribution >= 4 is 44.5 Å². The number of benzene rings is 4. The predicted molar refractivity (Wildman–Crippen MR) is 180 cm³/mol. The minimum absolute atomic E-state index is 0.0409. The maximum atomic E-state index is 13.2. The second-order valence-corrected chi connectivity index (χ2v) is 14.6. The number of carbonyl (C=O) groups excluding carboxylic acids is 1. The van der Waals surface area contributed by atoms with Gasteiger partial charge in [-0.3, -0.25) is 14.7 Å². The van der Waals surface area contributed by atoms with Crippen LogP contribution in [0.3, 0.4) is 0 Å². The third kappa shape index (κ3) is 8.53. The summed E-state index contributed by atoms with van der Waals surface area (Å²) in [5.74, 6) is 1.09. The minimum atomic E-state index is -4.06. The summed E-state index contributed by atoms with van der Waals surface area (Å²) in [7, 11) is -2.40. The summed E-state index contributed by atoms with van der Waals surface area (Å²) in [6.45, 7) is 4.06. The molecule has 4 aromatic rings. The Hall–Kier alpha value is -3.57. The highest BCUT2D eigenvalue weighted by Crippen LogP contribution is 2.30. The van der Waals surface area contributed by atoms with Crippen molar-refractivity contribution < 1.29 is 17.9 Å². The van der Waals surface area contributed by atoms with Crippen molar-refractivity contribution in [2.24, 2.45) is 4.99 Å². The van der Waals surface area contributed by atoms with Crippen molar-refractivity contribution in [1.29, 1.82) is 0 Å². The number of ether oxygens (including phenoxy) is 1. The fraction of sp³-hybridized carbons (Fsp3) is 0.235. The van der Waals surface area contributed by atoms with Gasteiger partial charge in [0.1, 0.15) is 11.8 Å². The van der Waals surface area contributed by atoms with Crippen LogP contribution in [0.25, 0.3) is 0 Å². The second-order valence-electron chi connectivity index (χ2n) is 10.4. The van der Waals surface area contributed by atoms with Gasteiger partial charge in [-0.15, -0.1) is 23.5 Å². The van der Waals surface area contributed by atoms with E-state index in [1.807, 2.05) is 85.8 Å². The number of amides is 1. The number of hydrogen-bond donors (Lipinski definition) is 1. The van der Waals surface area contributed by atoms with Gasteiger partial charge in [0.2, 0.25) is 0 Å². The van der Waals surface area contributed by atoms with E-state index >= 15 is 0 Å². The normalized spacial score (nSPS) is 16.5. The van der Waals surface area contributed by atoms with E-state index < -0.39 is 22.0 Å². The van der Waals surface area contributed by atoms with Crippen LogP contribution in [0.5, 0.6) is 5.75 Å². The van der Waals surface area contributed by atoms with Gasteiger partial charge in [-0.1, -0.05) is 79.7 Å². The molecule has 5 rings (SSSR count). The molecule has 10 heteroatoms. The molecule has 1 aliphatic rings. The molecule has 7 nitrogen and oxygen atoms in total. The van der Waals surface area contributed by atoms with Crippen LogP contribution in [-0.4, -0.2) is 55.0 Å². The molecule has 1 aliphatic heterocycles. The highest BCUT2D eigenvalue weighted by molar-refractivity contribution is 8.15. The van der Waals surface area contributed by atoms with Crippen LogP contribution in [0.1, 0.15) is 23.6 Å². The number of sulfonamides is 1. The number of nitrogens with one attached hydrogen (secondary N) is 1. The van der Waals surface area contributed by atoms with E-state index in [1.54, 1.807) is 31.0 Å². The number of rotatable bonds is 13. The fourth-order valence-corrected chi connectivity index (χ4v) is 7.88. The zero-order valence-electron chi connectivity index (χ0n) is 24.6. The molecule has 228 valence electrons. The third-order valence-electron chi connectivity index (χ3n) is 7.12. The number of carbonyl (C=O) groups is 1. The number of aliphatic imine (C=N–C) groups is 1. The highest BCUT2D eigenvalue weighted by Gasteiger charge is 2.35. The first-order valence-electron chi connectivity index (χ1n) is 14.3. The average Bonchev–Trinajstić information content (AvgIpc) is 3.44. The van der Waals surface area contributed by atoms with E-state index in [9.17, 15) is 13.2 Å². The molecule has 0 bridgehead atoms. The lowest BCUT2D eigenvalue weighted by Gasteiger charge is -2.23. The molecule has 0 saturated carbocycles. The molecule has 0 spiro atoms. The molecule has 2 atom stereocenters.